The van der Waals surface area contributed by atoms with Gasteiger partial charge in [0, 0.05) is 68.6 Å². The van der Waals surface area contributed by atoms with Gasteiger partial charge in [-0.2, -0.15) is 13.2 Å². The lowest BCUT2D eigenvalue weighted by Crippen LogP contribution is -2.61. The van der Waals surface area contributed by atoms with Gasteiger partial charge in [0.05, 0.1) is 12.6 Å². The number of nitrogens with two attached hydrogens (primary N) is 6. The summed E-state index contributed by atoms with van der Waals surface area (Å²) in [7, 11) is 0. The van der Waals surface area contributed by atoms with E-state index in [1.165, 1.54) is 48.5 Å². The number of unbranched alkanes of at least 4 members (excludes halogenated alkanes) is 2. The fraction of sp³-hybridized carbons (Fsp3) is 0.429. The second-order valence-electron chi connectivity index (χ2n) is 30.0. The molecule has 0 radical (unpaired) electrons. The Morgan fingerprint density at radius 2 is 0.802 bits per heavy atom. The average molecular weight is 1760 g/mol. The van der Waals surface area contributed by atoms with Crippen LogP contribution >= 0.6 is 0 Å². The van der Waals surface area contributed by atoms with E-state index in [-0.39, 0.29) is 101 Å². The van der Waals surface area contributed by atoms with Gasteiger partial charge in [0.1, 0.15) is 71.9 Å². The van der Waals surface area contributed by atoms with Gasteiger partial charge in [-0.3, -0.25) is 72.5 Å². The zero-order valence-electron chi connectivity index (χ0n) is 69.6. The van der Waals surface area contributed by atoms with Gasteiger partial charge < -0.3 is 124 Å². The van der Waals surface area contributed by atoms with E-state index >= 15 is 4.79 Å². The monoisotopic (exact) mass is 1760 g/mol. The lowest BCUT2D eigenvalue weighted by atomic mass is 9.99. The fourth-order valence-electron chi connectivity index (χ4n) is 12.8. The summed E-state index contributed by atoms with van der Waals surface area (Å²) in [4.78, 5) is 208. The van der Waals surface area contributed by atoms with E-state index in [9.17, 15) is 90.8 Å². The number of hydrogen-bond donors (Lipinski definition) is 24. The maximum atomic E-state index is 15.1. The van der Waals surface area contributed by atoms with Crippen molar-refractivity contribution in [1.82, 2.24) is 68.8 Å². The van der Waals surface area contributed by atoms with E-state index in [0.29, 0.717) is 58.0 Å². The highest BCUT2D eigenvalue weighted by molar-refractivity contribution is 6.00. The highest BCUT2D eigenvalue weighted by atomic mass is 19.4. The highest BCUT2D eigenvalue weighted by Gasteiger charge is 2.40. The van der Waals surface area contributed by atoms with E-state index in [2.05, 4.69) is 68.8 Å². The Morgan fingerprint density at radius 1 is 0.421 bits per heavy atom. The van der Waals surface area contributed by atoms with Crippen LogP contribution in [-0.2, 0) is 104 Å². The number of fused-ring (bicyclic) bond motifs is 1. The third-order valence-corrected chi connectivity index (χ3v) is 19.6. The van der Waals surface area contributed by atoms with Gasteiger partial charge in [0.25, 0.3) is 0 Å². The number of halogens is 3. The van der Waals surface area contributed by atoms with Gasteiger partial charge in [-0.1, -0.05) is 117 Å². The molecule has 0 bridgehead atoms. The van der Waals surface area contributed by atoms with Crippen molar-refractivity contribution < 1.29 is 106 Å². The molecule has 6 aromatic rings. The van der Waals surface area contributed by atoms with Gasteiger partial charge in [-0.05, 0) is 141 Å². The smallest absolute Gasteiger partial charge is 0.490 e. The van der Waals surface area contributed by atoms with Crippen LogP contribution < -0.4 is 98.2 Å². The molecule has 0 spiro atoms. The molecule has 0 saturated carbocycles. The molecule has 13 amide bonds. The molecule has 684 valence electrons. The van der Waals surface area contributed by atoms with E-state index < -0.39 is 200 Å². The van der Waals surface area contributed by atoms with Crippen molar-refractivity contribution in [3.63, 3.8) is 0 Å². The van der Waals surface area contributed by atoms with Gasteiger partial charge in [0.15, 0.2) is 5.96 Å². The molecular weight excluding hydrogens is 1650 g/mol. The minimum atomic E-state index is -5.08. The second-order valence-corrected chi connectivity index (χ2v) is 30.0. The highest BCUT2D eigenvalue weighted by Crippen LogP contribution is 2.22. The van der Waals surface area contributed by atoms with Gasteiger partial charge in [-0.15, -0.1) is 0 Å². The molecule has 0 aliphatic rings. The number of aromatic nitrogens is 1. The van der Waals surface area contributed by atoms with E-state index in [1.54, 1.807) is 105 Å². The van der Waals surface area contributed by atoms with Crippen molar-refractivity contribution in [2.24, 2.45) is 40.3 Å². The van der Waals surface area contributed by atoms with Crippen LogP contribution in [0.2, 0.25) is 0 Å². The van der Waals surface area contributed by atoms with E-state index in [4.69, 9.17) is 49.7 Å². The molecule has 11 atom stereocenters. The number of phenols is 2. The zero-order valence-corrected chi connectivity index (χ0v) is 69.6. The molecule has 0 aliphatic heterocycles. The Hall–Kier alpha value is -13.8. The molecule has 0 saturated heterocycles. The minimum absolute atomic E-state index is 0.0534. The number of carbonyl (C=O) groups is 15. The van der Waals surface area contributed by atoms with Crippen LogP contribution in [0.25, 0.3) is 10.9 Å². The molecule has 1 heterocycles. The summed E-state index contributed by atoms with van der Waals surface area (Å²) < 4.78 is 31.7. The summed E-state index contributed by atoms with van der Waals surface area (Å²) in [5.41, 5.74) is 37.6. The predicted octanol–water partition coefficient (Wildman–Crippen LogP) is -1.19. The number of aliphatic carboxylic acids is 2. The normalized spacial score (nSPS) is 13.7. The summed E-state index contributed by atoms with van der Waals surface area (Å²) in [6.07, 6.45) is -4.95. The average Bonchev–Trinajstić information content (AvgIpc) is 1.66. The van der Waals surface area contributed by atoms with Gasteiger partial charge >= 0.3 is 18.1 Å². The number of hydrogen-bond acceptors (Lipinski definition) is 21. The Kier molecular flexibility index (Phi) is 42.9. The number of alkyl halides is 3. The number of aromatic hydroxyl groups is 2. The molecule has 42 heteroatoms. The Labute approximate surface area is 723 Å². The Balaban J connectivity index is 0.00000385. The Morgan fingerprint density at radius 3 is 1.21 bits per heavy atom. The number of carbonyl (C=O) groups excluding carboxylic acids is 13. The van der Waals surface area contributed by atoms with Crippen LogP contribution in [0.5, 0.6) is 11.5 Å². The fourth-order valence-corrected chi connectivity index (χ4v) is 12.8. The van der Waals surface area contributed by atoms with Crippen LogP contribution in [0.3, 0.4) is 0 Å². The standard InChI is InChI=1S/C82H112N20O17.C2HF3O2/c1-47(2)70(102-72(110)56(85)21-15-39-90-82(88)89)81(119)101-65(43-51-27-31-54(104)32-28-51)79(117)99-63(41-49-18-7-4-8-19-49)77(115)98-62(40-48-16-5-3-6-17-48)76(114)95-59(23-11-13-37-83)73(111)92-46-68(106)93-60(24-12-14-38-84)74(112)96-61(33-35-67(86)105)75(113)97-64(42-50-25-29-53(103)30-26-50)78(116)100-66(44-52-45-91-57-22-10-9-20-55(52)57)80(118)94-58(71(87)109)34-36-69(107)108;3-2(4,5)1(6)7/h3-10,16-20,22,25-32,45,47,56,58-66,70,91,103-104H,11-15,21,23-24,33-44,46,83-85H2,1-2H3,(H2,86,105)(H2,87,109)(H,92,111)(H,93,106)(H,94,118)(H,95,114)(H,96,112)(H,97,113)(H,98,115)(H,99,117)(H,100,116)(H,101,119)(H,102,110)(H,107,108)(H4,88,89,90);(H,6,7)/t56-,58-,59-,60-,61-,62-,63-,64-,65-,66-,70-;/m0./s1. The molecule has 0 unspecified atom stereocenters. The first-order valence-corrected chi connectivity index (χ1v) is 40.6. The van der Waals surface area contributed by atoms with Gasteiger partial charge in [0.2, 0.25) is 76.8 Å². The number of phenolic OH excluding ortho intramolecular Hbond substituents is 2. The maximum Gasteiger partial charge on any atom is 0.490 e. The molecule has 126 heavy (non-hydrogen) atoms. The molecule has 30 N–H and O–H groups in total. The molecule has 6 rings (SSSR count). The number of benzene rings is 5. The van der Waals surface area contributed by atoms with Crippen LogP contribution in [0, 0.1) is 11.3 Å². The molecule has 39 nitrogen and oxygen atoms in total. The number of primary amides is 2. The number of H-pyrrole nitrogens is 1. The lowest BCUT2D eigenvalue weighted by Gasteiger charge is -2.28. The van der Waals surface area contributed by atoms with Crippen molar-refractivity contribution in [1.29, 1.82) is 5.41 Å². The number of carboxylic acids is 2. The van der Waals surface area contributed by atoms with Crippen molar-refractivity contribution >= 4 is 106 Å². The Bertz CT molecular complexity index is 4650. The summed E-state index contributed by atoms with van der Waals surface area (Å²) in [5.74, 6) is -16.9. The SMILES string of the molecule is CC(C)[C@H](NC(=O)[C@@H](N)CCCNC(=N)N)C(=O)N[C@@H](Cc1ccc(O)cc1)C(=O)N[C@@H](Cc1ccccc1)C(=O)N[C@@H](Cc1ccccc1)C(=O)N[C@@H](CCCCN)C(=O)NCC(=O)N[C@@H](CCCCN)C(=O)N[C@@H](CCC(N)=O)C(=O)N[C@@H](Cc1ccc(O)cc1)C(=O)N[C@@H](Cc1c[nH]c2ccccc12)C(=O)N[C@@H](CCC(=O)O)C(N)=O.O=C(O)C(F)(F)F. The number of rotatable bonds is 52. The van der Waals surface area contributed by atoms with Crippen molar-refractivity contribution in [2.45, 2.75) is 196 Å². The molecule has 5 aromatic carbocycles. The first kappa shape index (κ1) is 103. The molecular formula is C84H113F3N20O19. The maximum absolute atomic E-state index is 15.1. The third kappa shape index (κ3) is 37.1. The van der Waals surface area contributed by atoms with Crippen LogP contribution in [0.4, 0.5) is 13.2 Å². The second kappa shape index (κ2) is 52.6. The summed E-state index contributed by atoms with van der Waals surface area (Å²) in [5, 5.41) is 76.6. The minimum Gasteiger partial charge on any atom is -0.508 e. The molecule has 0 fully saturated rings. The van der Waals surface area contributed by atoms with Crippen LogP contribution in [0.15, 0.2) is 140 Å². The van der Waals surface area contributed by atoms with E-state index in [0.717, 1.165) is 0 Å². The van der Waals surface area contributed by atoms with Crippen LogP contribution in [-0.4, -0.2) is 219 Å². The van der Waals surface area contributed by atoms with Crippen molar-refractivity contribution in [3.8, 4) is 11.5 Å². The number of guanidine groups is 1. The molecule has 1 aromatic heterocycles. The number of carboxylic acid groups (broad SMARTS) is 2. The zero-order chi connectivity index (χ0) is 93.2. The number of aromatic amines is 1. The molecule has 0 aliphatic carbocycles. The summed E-state index contributed by atoms with van der Waals surface area (Å²) in [6, 6.07) is 19.5. The van der Waals surface area contributed by atoms with Crippen LogP contribution in [0.1, 0.15) is 119 Å². The van der Waals surface area contributed by atoms with E-state index in [1.807, 2.05) is 0 Å². The third-order valence-electron chi connectivity index (χ3n) is 19.6. The lowest BCUT2D eigenvalue weighted by molar-refractivity contribution is -0.192. The first-order valence-electron chi connectivity index (χ1n) is 40.6. The summed E-state index contributed by atoms with van der Waals surface area (Å²) >= 11 is 0. The van der Waals surface area contributed by atoms with Gasteiger partial charge in [-0.25, -0.2) is 4.79 Å². The summed E-state index contributed by atoms with van der Waals surface area (Å²) in [6.45, 7) is 3.13. The van der Waals surface area contributed by atoms with Crippen molar-refractivity contribution in [2.75, 3.05) is 26.2 Å². The topological polar surface area (TPSA) is 677 Å². The quantitative estimate of drug-likeness (QED) is 0.0121. The van der Waals surface area contributed by atoms with Crippen molar-refractivity contribution in [3.05, 3.63) is 167 Å². The largest absolute Gasteiger partial charge is 0.508 e. The number of amides is 13. The number of nitrogens with one attached hydrogen (secondary N) is 14. The first-order chi connectivity index (χ1) is 59.7. The predicted molar refractivity (Wildman–Crippen MR) is 454 cm³/mol. The number of para-hydroxylation sites is 1.